The third kappa shape index (κ3) is 5.17. The van der Waals surface area contributed by atoms with Crippen LogP contribution in [0.1, 0.15) is 32.0 Å². The molecule has 2 aromatic carbocycles. The van der Waals surface area contributed by atoms with Crippen LogP contribution in [0.4, 0.5) is 0 Å². The first kappa shape index (κ1) is 19.1. The molecule has 0 aliphatic carbocycles. The number of nitrogens with two attached hydrogens (primary N) is 1. The minimum Gasteiger partial charge on any atom is -0.457 e. The summed E-state index contributed by atoms with van der Waals surface area (Å²) >= 11 is 0. The van der Waals surface area contributed by atoms with E-state index in [0.717, 1.165) is 11.1 Å². The van der Waals surface area contributed by atoms with Crippen molar-refractivity contribution in [2.24, 2.45) is 5.73 Å². The van der Waals surface area contributed by atoms with Gasteiger partial charge >= 0.3 is 0 Å². The van der Waals surface area contributed by atoms with Crippen molar-refractivity contribution in [1.82, 2.24) is 10.3 Å². The minimum atomic E-state index is -0.608. The molecule has 0 spiro atoms. The Labute approximate surface area is 163 Å². The predicted molar refractivity (Wildman–Crippen MR) is 106 cm³/mol. The van der Waals surface area contributed by atoms with Crippen LogP contribution in [0.15, 0.2) is 66.9 Å². The van der Waals surface area contributed by atoms with E-state index in [1.165, 1.54) is 12.3 Å². The zero-order valence-electron chi connectivity index (χ0n) is 15.5. The number of nitrogens with one attached hydrogen (secondary N) is 1. The maximum absolute atomic E-state index is 12.2. The number of benzene rings is 2. The Balaban J connectivity index is 1.57. The molecular weight excluding hydrogens is 354 g/mol. The average molecular weight is 375 g/mol. The molecule has 0 atom stereocenters. The highest BCUT2D eigenvalue weighted by Crippen LogP contribution is 2.22. The van der Waals surface area contributed by atoms with Gasteiger partial charge in [-0.25, -0.2) is 0 Å². The van der Waals surface area contributed by atoms with E-state index in [9.17, 15) is 9.59 Å². The standard InChI is InChI=1S/C22H21N3O3/c1-15-5-7-17(8-6-15)22(27)25-11-9-16-3-2-4-18(13-16)28-19-10-12-24-20(14-19)21(23)26/h2-8,10,12-14H,9,11H2,1H3,(H2,23,26)(H,25,27). The van der Waals surface area contributed by atoms with Crippen molar-refractivity contribution in [1.29, 1.82) is 0 Å². The van der Waals surface area contributed by atoms with Crippen molar-refractivity contribution < 1.29 is 14.3 Å². The van der Waals surface area contributed by atoms with Crippen LogP contribution < -0.4 is 15.8 Å². The van der Waals surface area contributed by atoms with Crippen LogP contribution in [0.2, 0.25) is 0 Å². The SMILES string of the molecule is Cc1ccc(C(=O)NCCc2cccc(Oc3ccnc(C(N)=O)c3)c2)cc1. The summed E-state index contributed by atoms with van der Waals surface area (Å²) in [5.41, 5.74) is 8.16. The second kappa shape index (κ2) is 8.81. The quantitative estimate of drug-likeness (QED) is 0.663. The normalized spacial score (nSPS) is 10.3. The molecule has 6 nitrogen and oxygen atoms in total. The second-order valence-corrected chi connectivity index (χ2v) is 6.36. The number of amides is 2. The summed E-state index contributed by atoms with van der Waals surface area (Å²) in [6, 6.07) is 18.2. The molecule has 0 aliphatic heterocycles. The lowest BCUT2D eigenvalue weighted by Crippen LogP contribution is -2.25. The summed E-state index contributed by atoms with van der Waals surface area (Å²) in [6.45, 7) is 2.49. The summed E-state index contributed by atoms with van der Waals surface area (Å²) in [7, 11) is 0. The van der Waals surface area contributed by atoms with E-state index in [0.29, 0.717) is 30.0 Å². The van der Waals surface area contributed by atoms with E-state index in [1.54, 1.807) is 6.07 Å². The Bertz CT molecular complexity index is 984. The van der Waals surface area contributed by atoms with E-state index in [1.807, 2.05) is 55.5 Å². The number of carbonyl (C=O) groups is 2. The second-order valence-electron chi connectivity index (χ2n) is 6.36. The van der Waals surface area contributed by atoms with Gasteiger partial charge in [-0.1, -0.05) is 29.8 Å². The number of aryl methyl sites for hydroxylation is 1. The monoisotopic (exact) mass is 375 g/mol. The highest BCUT2D eigenvalue weighted by atomic mass is 16.5. The Kier molecular flexibility index (Phi) is 6.01. The van der Waals surface area contributed by atoms with Gasteiger partial charge in [0, 0.05) is 24.4 Å². The van der Waals surface area contributed by atoms with E-state index in [2.05, 4.69) is 10.3 Å². The van der Waals surface area contributed by atoms with Gasteiger partial charge in [0.25, 0.3) is 11.8 Å². The van der Waals surface area contributed by atoms with Gasteiger partial charge in [-0.3, -0.25) is 14.6 Å². The van der Waals surface area contributed by atoms with Crippen LogP contribution >= 0.6 is 0 Å². The summed E-state index contributed by atoms with van der Waals surface area (Å²) < 4.78 is 5.78. The molecule has 0 saturated carbocycles. The predicted octanol–water partition coefficient (Wildman–Crippen LogP) is 3.25. The highest BCUT2D eigenvalue weighted by Gasteiger charge is 2.07. The first-order chi connectivity index (χ1) is 13.5. The lowest BCUT2D eigenvalue weighted by molar-refractivity contribution is 0.0952. The molecule has 0 saturated heterocycles. The maximum Gasteiger partial charge on any atom is 0.267 e. The van der Waals surface area contributed by atoms with Crippen LogP contribution in [0, 0.1) is 6.92 Å². The molecule has 3 N–H and O–H groups in total. The molecule has 1 heterocycles. The summed E-state index contributed by atoms with van der Waals surface area (Å²) in [6.07, 6.45) is 2.14. The summed E-state index contributed by atoms with van der Waals surface area (Å²) in [4.78, 5) is 27.3. The fourth-order valence-electron chi connectivity index (χ4n) is 2.64. The van der Waals surface area contributed by atoms with Gasteiger partial charge in [-0.15, -0.1) is 0 Å². The number of hydrogen-bond donors (Lipinski definition) is 2. The van der Waals surface area contributed by atoms with Gasteiger partial charge in [-0.05, 0) is 49.2 Å². The number of primary amides is 1. The van der Waals surface area contributed by atoms with E-state index in [4.69, 9.17) is 10.5 Å². The number of aromatic nitrogens is 1. The third-order valence-corrected chi connectivity index (χ3v) is 4.13. The largest absolute Gasteiger partial charge is 0.457 e. The molecule has 3 aromatic rings. The number of ether oxygens (including phenoxy) is 1. The molecular formula is C22H21N3O3. The number of nitrogens with zero attached hydrogens (tertiary/aromatic N) is 1. The molecule has 0 aliphatic rings. The summed E-state index contributed by atoms with van der Waals surface area (Å²) in [5, 5.41) is 2.92. The Morgan fingerprint density at radius 2 is 1.79 bits per heavy atom. The highest BCUT2D eigenvalue weighted by molar-refractivity contribution is 5.94. The van der Waals surface area contributed by atoms with E-state index >= 15 is 0 Å². The molecule has 28 heavy (non-hydrogen) atoms. The molecule has 3 rings (SSSR count). The van der Waals surface area contributed by atoms with Gasteiger partial charge in [0.15, 0.2) is 0 Å². The Hall–Kier alpha value is -3.67. The van der Waals surface area contributed by atoms with Crippen LogP contribution in [0.25, 0.3) is 0 Å². The average Bonchev–Trinajstić information content (AvgIpc) is 2.69. The minimum absolute atomic E-state index is 0.0943. The Morgan fingerprint density at radius 1 is 1.04 bits per heavy atom. The number of hydrogen-bond acceptors (Lipinski definition) is 4. The third-order valence-electron chi connectivity index (χ3n) is 4.13. The number of rotatable bonds is 7. The Morgan fingerprint density at radius 3 is 2.54 bits per heavy atom. The van der Waals surface area contributed by atoms with E-state index < -0.39 is 5.91 Å². The van der Waals surface area contributed by atoms with Gasteiger partial charge in [0.2, 0.25) is 0 Å². The maximum atomic E-state index is 12.2. The summed E-state index contributed by atoms with van der Waals surface area (Å²) in [5.74, 6) is 0.407. The van der Waals surface area contributed by atoms with Gasteiger partial charge in [-0.2, -0.15) is 0 Å². The zero-order valence-corrected chi connectivity index (χ0v) is 15.5. The molecule has 2 amide bonds. The first-order valence-corrected chi connectivity index (χ1v) is 8.89. The van der Waals surface area contributed by atoms with Crippen LogP contribution in [-0.4, -0.2) is 23.3 Å². The molecule has 0 unspecified atom stereocenters. The van der Waals surface area contributed by atoms with Crippen molar-refractivity contribution >= 4 is 11.8 Å². The molecule has 0 fully saturated rings. The van der Waals surface area contributed by atoms with Crippen LogP contribution in [0.5, 0.6) is 11.5 Å². The lowest BCUT2D eigenvalue weighted by atomic mass is 10.1. The van der Waals surface area contributed by atoms with Gasteiger partial charge in [0.05, 0.1) is 0 Å². The fraction of sp³-hybridized carbons (Fsp3) is 0.136. The first-order valence-electron chi connectivity index (χ1n) is 8.89. The van der Waals surface area contributed by atoms with Crippen molar-refractivity contribution in [3.63, 3.8) is 0 Å². The fourth-order valence-corrected chi connectivity index (χ4v) is 2.64. The van der Waals surface area contributed by atoms with Crippen LogP contribution in [-0.2, 0) is 6.42 Å². The smallest absolute Gasteiger partial charge is 0.267 e. The zero-order chi connectivity index (χ0) is 19.9. The lowest BCUT2D eigenvalue weighted by Gasteiger charge is -2.09. The van der Waals surface area contributed by atoms with Gasteiger partial charge < -0.3 is 15.8 Å². The molecule has 0 radical (unpaired) electrons. The van der Waals surface area contributed by atoms with Gasteiger partial charge in [0.1, 0.15) is 17.2 Å². The topological polar surface area (TPSA) is 94.3 Å². The molecule has 1 aromatic heterocycles. The number of carbonyl (C=O) groups excluding carboxylic acids is 2. The molecule has 0 bridgehead atoms. The molecule has 142 valence electrons. The molecule has 6 heteroatoms. The van der Waals surface area contributed by atoms with Crippen molar-refractivity contribution in [2.45, 2.75) is 13.3 Å². The van der Waals surface area contributed by atoms with Crippen molar-refractivity contribution in [2.75, 3.05) is 6.54 Å². The van der Waals surface area contributed by atoms with Crippen LogP contribution in [0.3, 0.4) is 0 Å². The van der Waals surface area contributed by atoms with Crippen molar-refractivity contribution in [3.05, 3.63) is 89.2 Å². The van der Waals surface area contributed by atoms with Crippen molar-refractivity contribution in [3.8, 4) is 11.5 Å². The number of pyridine rings is 1. The van der Waals surface area contributed by atoms with E-state index in [-0.39, 0.29) is 11.6 Å².